The van der Waals surface area contributed by atoms with Crippen LogP contribution in [-0.2, 0) is 10.0 Å². The lowest BCUT2D eigenvalue weighted by Crippen LogP contribution is -2.16. The Morgan fingerprint density at radius 3 is 2.60 bits per heavy atom. The van der Waals surface area contributed by atoms with Gasteiger partial charge in [0.25, 0.3) is 10.0 Å². The zero-order valence-corrected chi connectivity index (χ0v) is 12.4. The number of benzene rings is 1. The minimum Gasteiger partial charge on any atom is -0.495 e. The van der Waals surface area contributed by atoms with Crippen LogP contribution in [0.4, 0.5) is 5.82 Å². The van der Waals surface area contributed by atoms with Crippen LogP contribution in [-0.4, -0.2) is 20.5 Å². The van der Waals surface area contributed by atoms with Gasteiger partial charge in [-0.2, -0.15) is 0 Å². The number of anilines is 1. The molecule has 1 heterocycles. The first-order valence-electron chi connectivity index (χ1n) is 6.03. The van der Waals surface area contributed by atoms with E-state index in [9.17, 15) is 8.42 Å². The van der Waals surface area contributed by atoms with E-state index >= 15 is 0 Å². The average Bonchev–Trinajstić information content (AvgIpc) is 2.41. The summed E-state index contributed by atoms with van der Waals surface area (Å²) in [4.78, 5) is 4.14. The zero-order chi connectivity index (χ0) is 14.8. The van der Waals surface area contributed by atoms with Gasteiger partial charge in [-0.25, -0.2) is 13.4 Å². The summed E-state index contributed by atoms with van der Waals surface area (Å²) in [5.74, 6) is 0.618. The van der Waals surface area contributed by atoms with Crippen LogP contribution in [0.5, 0.6) is 5.75 Å². The molecule has 6 heteroatoms. The molecule has 2 aromatic rings. The average molecular weight is 292 g/mol. The fraction of sp³-hybridized carbons (Fsp3) is 0.214. The Bertz CT molecular complexity index is 727. The van der Waals surface area contributed by atoms with Crippen molar-refractivity contribution in [3.63, 3.8) is 0 Å². The second kappa shape index (κ2) is 5.50. The van der Waals surface area contributed by atoms with Crippen LogP contribution >= 0.6 is 0 Å². The van der Waals surface area contributed by atoms with Crippen molar-refractivity contribution in [3.05, 3.63) is 47.7 Å². The van der Waals surface area contributed by atoms with Gasteiger partial charge in [-0.3, -0.25) is 4.72 Å². The highest BCUT2D eigenvalue weighted by Crippen LogP contribution is 2.26. The Morgan fingerprint density at radius 1 is 1.20 bits per heavy atom. The Balaban J connectivity index is 2.46. The predicted octanol–water partition coefficient (Wildman–Crippen LogP) is 2.51. The predicted molar refractivity (Wildman–Crippen MR) is 77.5 cm³/mol. The molecule has 1 aromatic carbocycles. The number of ether oxygens (including phenoxy) is 1. The first-order valence-corrected chi connectivity index (χ1v) is 7.51. The van der Waals surface area contributed by atoms with Gasteiger partial charge in [-0.15, -0.1) is 0 Å². The fourth-order valence-corrected chi connectivity index (χ4v) is 3.10. The third-order valence-corrected chi connectivity index (χ3v) is 4.21. The van der Waals surface area contributed by atoms with Gasteiger partial charge in [0.2, 0.25) is 0 Å². The molecule has 106 valence electrons. The van der Waals surface area contributed by atoms with Crippen LogP contribution in [0.1, 0.15) is 11.1 Å². The number of rotatable bonds is 4. The molecule has 5 nitrogen and oxygen atoms in total. The Morgan fingerprint density at radius 2 is 1.95 bits per heavy atom. The maximum atomic E-state index is 12.5. The minimum atomic E-state index is -3.74. The summed E-state index contributed by atoms with van der Waals surface area (Å²) in [6.07, 6.45) is 1.54. The van der Waals surface area contributed by atoms with Gasteiger partial charge < -0.3 is 4.74 Å². The molecule has 0 saturated heterocycles. The van der Waals surface area contributed by atoms with Crippen molar-refractivity contribution in [2.24, 2.45) is 0 Å². The van der Waals surface area contributed by atoms with E-state index in [-0.39, 0.29) is 4.90 Å². The third-order valence-electron chi connectivity index (χ3n) is 2.85. The molecular formula is C14H16N2O3S. The van der Waals surface area contributed by atoms with Crippen LogP contribution < -0.4 is 9.46 Å². The van der Waals surface area contributed by atoms with Gasteiger partial charge in [-0.1, -0.05) is 12.1 Å². The highest BCUT2D eigenvalue weighted by atomic mass is 32.2. The first-order chi connectivity index (χ1) is 9.44. The van der Waals surface area contributed by atoms with Crippen molar-refractivity contribution >= 4 is 15.8 Å². The first kappa shape index (κ1) is 14.3. The monoisotopic (exact) mass is 292 g/mol. The van der Waals surface area contributed by atoms with E-state index in [4.69, 9.17) is 4.74 Å². The van der Waals surface area contributed by atoms with Gasteiger partial charge in [0, 0.05) is 6.20 Å². The molecule has 20 heavy (non-hydrogen) atoms. The molecule has 1 aromatic heterocycles. The third kappa shape index (κ3) is 2.91. The molecule has 0 aliphatic carbocycles. The fourth-order valence-electron chi connectivity index (χ4n) is 1.77. The zero-order valence-electron chi connectivity index (χ0n) is 11.5. The van der Waals surface area contributed by atoms with Crippen molar-refractivity contribution in [1.82, 2.24) is 4.98 Å². The van der Waals surface area contributed by atoms with E-state index < -0.39 is 10.0 Å². The highest BCUT2D eigenvalue weighted by Gasteiger charge is 2.20. The maximum absolute atomic E-state index is 12.5. The summed E-state index contributed by atoms with van der Waals surface area (Å²) in [6.45, 7) is 3.61. The van der Waals surface area contributed by atoms with E-state index in [1.165, 1.54) is 7.11 Å². The van der Waals surface area contributed by atoms with Crippen LogP contribution in [0.25, 0.3) is 0 Å². The molecule has 0 saturated carbocycles. The molecule has 0 unspecified atom stereocenters. The summed E-state index contributed by atoms with van der Waals surface area (Å²) in [7, 11) is -2.30. The van der Waals surface area contributed by atoms with Crippen molar-refractivity contribution in [2.75, 3.05) is 11.8 Å². The topological polar surface area (TPSA) is 68.3 Å². The number of aryl methyl sites for hydroxylation is 2. The van der Waals surface area contributed by atoms with Gasteiger partial charge in [0.15, 0.2) is 0 Å². The standard InChI is InChI=1S/C14H16N2O3S/c1-10-6-7-12(19-3)13(9-10)20(17,18)16-14-11(2)5-4-8-15-14/h4-9H,1-3H3,(H,15,16). The molecule has 0 amide bonds. The summed E-state index contributed by atoms with van der Waals surface area (Å²) in [6, 6.07) is 8.54. The number of sulfonamides is 1. The van der Waals surface area contributed by atoms with Crippen molar-refractivity contribution in [1.29, 1.82) is 0 Å². The lowest BCUT2D eigenvalue weighted by atomic mass is 10.2. The second-order valence-electron chi connectivity index (χ2n) is 4.43. The Hall–Kier alpha value is -2.08. The van der Waals surface area contributed by atoms with Crippen molar-refractivity contribution in [2.45, 2.75) is 18.7 Å². The summed E-state index contributed by atoms with van der Waals surface area (Å²) in [5, 5.41) is 0. The lowest BCUT2D eigenvalue weighted by Gasteiger charge is -2.12. The molecule has 2 rings (SSSR count). The Kier molecular flexibility index (Phi) is 3.94. The van der Waals surface area contributed by atoms with Crippen LogP contribution in [0.2, 0.25) is 0 Å². The normalized spacial score (nSPS) is 11.2. The molecule has 0 fully saturated rings. The largest absolute Gasteiger partial charge is 0.495 e. The molecular weight excluding hydrogens is 276 g/mol. The van der Waals surface area contributed by atoms with E-state index in [0.29, 0.717) is 11.6 Å². The highest BCUT2D eigenvalue weighted by molar-refractivity contribution is 7.92. The number of pyridine rings is 1. The molecule has 0 radical (unpaired) electrons. The molecule has 1 N–H and O–H groups in total. The van der Waals surface area contributed by atoms with Gasteiger partial charge in [0.05, 0.1) is 7.11 Å². The second-order valence-corrected chi connectivity index (χ2v) is 6.08. The van der Waals surface area contributed by atoms with Gasteiger partial charge in [0.1, 0.15) is 16.5 Å². The van der Waals surface area contributed by atoms with Crippen molar-refractivity contribution in [3.8, 4) is 5.75 Å². The number of hydrogen-bond acceptors (Lipinski definition) is 4. The minimum absolute atomic E-state index is 0.102. The summed E-state index contributed by atoms with van der Waals surface area (Å²) >= 11 is 0. The summed E-state index contributed by atoms with van der Waals surface area (Å²) in [5.41, 5.74) is 1.59. The van der Waals surface area contributed by atoms with E-state index in [1.807, 2.05) is 6.92 Å². The number of nitrogens with zero attached hydrogens (tertiary/aromatic N) is 1. The number of aromatic nitrogens is 1. The molecule has 0 aliphatic rings. The van der Waals surface area contributed by atoms with Gasteiger partial charge >= 0.3 is 0 Å². The maximum Gasteiger partial charge on any atom is 0.266 e. The molecule has 0 aliphatic heterocycles. The SMILES string of the molecule is COc1ccc(C)cc1S(=O)(=O)Nc1ncccc1C. The van der Waals surface area contributed by atoms with Crippen molar-refractivity contribution < 1.29 is 13.2 Å². The van der Waals surface area contributed by atoms with E-state index in [1.54, 1.807) is 43.5 Å². The quantitative estimate of drug-likeness (QED) is 0.940. The molecule has 0 atom stereocenters. The molecule has 0 spiro atoms. The number of hydrogen-bond donors (Lipinski definition) is 1. The lowest BCUT2D eigenvalue weighted by molar-refractivity contribution is 0.402. The Labute approximate surface area is 118 Å². The summed E-state index contributed by atoms with van der Waals surface area (Å²) < 4.78 is 32.5. The number of nitrogens with one attached hydrogen (secondary N) is 1. The van der Waals surface area contributed by atoms with Crippen LogP contribution in [0.15, 0.2) is 41.4 Å². The van der Waals surface area contributed by atoms with E-state index in [0.717, 1.165) is 11.1 Å². The molecule has 0 bridgehead atoms. The number of methoxy groups -OCH3 is 1. The van der Waals surface area contributed by atoms with Crippen LogP contribution in [0, 0.1) is 13.8 Å². The van der Waals surface area contributed by atoms with E-state index in [2.05, 4.69) is 9.71 Å². The van der Waals surface area contributed by atoms with Crippen LogP contribution in [0.3, 0.4) is 0 Å². The van der Waals surface area contributed by atoms with Gasteiger partial charge in [-0.05, 0) is 43.2 Å². The smallest absolute Gasteiger partial charge is 0.266 e.